The van der Waals surface area contributed by atoms with E-state index in [1.807, 2.05) is 19.1 Å². The molecule has 27 heavy (non-hydrogen) atoms. The summed E-state index contributed by atoms with van der Waals surface area (Å²) in [6.07, 6.45) is 0.162. The summed E-state index contributed by atoms with van der Waals surface area (Å²) in [6.45, 7) is 1.41. The molecule has 7 heteroatoms. The number of rotatable bonds is 5. The van der Waals surface area contributed by atoms with Gasteiger partial charge in [-0.05, 0) is 30.7 Å². The third kappa shape index (κ3) is 4.63. The molecule has 0 atom stereocenters. The van der Waals surface area contributed by atoms with Crippen molar-refractivity contribution in [3.8, 4) is 5.75 Å². The zero-order valence-corrected chi connectivity index (χ0v) is 14.9. The van der Waals surface area contributed by atoms with Crippen molar-refractivity contribution in [1.29, 1.82) is 0 Å². The molecule has 2 aromatic carbocycles. The van der Waals surface area contributed by atoms with Crippen LogP contribution in [0.15, 0.2) is 48.5 Å². The van der Waals surface area contributed by atoms with E-state index in [0.717, 1.165) is 5.56 Å². The third-order valence-electron chi connectivity index (χ3n) is 4.10. The highest BCUT2D eigenvalue weighted by Crippen LogP contribution is 2.30. The molecule has 2 aromatic rings. The molecular weight excluding hydrogens is 348 g/mol. The number of amides is 2. The van der Waals surface area contributed by atoms with Gasteiger partial charge in [0.1, 0.15) is 12.3 Å². The number of carbonyl (C=O) groups is 3. The van der Waals surface area contributed by atoms with Gasteiger partial charge in [0, 0.05) is 5.69 Å². The molecule has 0 aromatic heterocycles. The molecule has 1 N–H and O–H groups in total. The maximum absolute atomic E-state index is 12.3. The van der Waals surface area contributed by atoms with Gasteiger partial charge >= 0.3 is 5.97 Å². The minimum Gasteiger partial charge on any atom is -0.491 e. The lowest BCUT2D eigenvalue weighted by atomic mass is 10.2. The average Bonchev–Trinajstić information content (AvgIpc) is 2.81. The molecule has 0 saturated carbocycles. The van der Waals surface area contributed by atoms with Gasteiger partial charge in [-0.15, -0.1) is 0 Å². The smallest absolute Gasteiger partial charge is 0.326 e. The van der Waals surface area contributed by atoms with E-state index in [4.69, 9.17) is 9.47 Å². The summed E-state index contributed by atoms with van der Waals surface area (Å²) in [5, 5.41) is 2.69. The van der Waals surface area contributed by atoms with E-state index in [-0.39, 0.29) is 25.5 Å². The molecule has 140 valence electrons. The minimum atomic E-state index is -0.667. The van der Waals surface area contributed by atoms with E-state index in [0.29, 0.717) is 17.1 Å². The van der Waals surface area contributed by atoms with Crippen LogP contribution >= 0.6 is 0 Å². The Morgan fingerprint density at radius 1 is 1.15 bits per heavy atom. The van der Waals surface area contributed by atoms with E-state index in [2.05, 4.69) is 5.32 Å². The first-order chi connectivity index (χ1) is 13.0. The summed E-state index contributed by atoms with van der Waals surface area (Å²) in [5.41, 5.74) is 2.08. The predicted molar refractivity (Wildman–Crippen MR) is 99.7 cm³/mol. The predicted octanol–water partition coefficient (Wildman–Crippen LogP) is 2.29. The second kappa shape index (κ2) is 8.35. The van der Waals surface area contributed by atoms with Crippen LogP contribution in [0.2, 0.25) is 0 Å². The van der Waals surface area contributed by atoms with Gasteiger partial charge in [0.25, 0.3) is 5.91 Å². The fourth-order valence-corrected chi connectivity index (χ4v) is 2.71. The normalized spacial score (nSPS) is 13.2. The Morgan fingerprint density at radius 3 is 2.70 bits per heavy atom. The summed E-state index contributed by atoms with van der Waals surface area (Å²) >= 11 is 0. The van der Waals surface area contributed by atoms with Crippen LogP contribution in [0.1, 0.15) is 12.0 Å². The van der Waals surface area contributed by atoms with Crippen LogP contribution < -0.4 is 15.0 Å². The van der Waals surface area contributed by atoms with Crippen LogP contribution in [0.4, 0.5) is 11.4 Å². The lowest BCUT2D eigenvalue weighted by molar-refractivity contribution is -0.146. The second-order valence-electron chi connectivity index (χ2n) is 6.07. The molecule has 0 saturated heterocycles. The minimum absolute atomic E-state index is 0.162. The van der Waals surface area contributed by atoms with Crippen molar-refractivity contribution >= 4 is 29.2 Å². The number of fused-ring (bicyclic) bond motifs is 1. The van der Waals surface area contributed by atoms with E-state index < -0.39 is 18.5 Å². The Hall–Kier alpha value is -3.35. The Labute approximate surface area is 156 Å². The van der Waals surface area contributed by atoms with Crippen molar-refractivity contribution in [2.24, 2.45) is 0 Å². The molecule has 1 aliphatic heterocycles. The van der Waals surface area contributed by atoms with Gasteiger partial charge in [0.15, 0.2) is 6.61 Å². The van der Waals surface area contributed by atoms with Crippen LogP contribution in [-0.4, -0.2) is 37.5 Å². The highest BCUT2D eigenvalue weighted by molar-refractivity contribution is 6.00. The summed E-state index contributed by atoms with van der Waals surface area (Å²) in [6, 6.07) is 14.3. The number of nitrogens with zero attached hydrogens (tertiary/aromatic N) is 1. The van der Waals surface area contributed by atoms with Gasteiger partial charge < -0.3 is 14.8 Å². The van der Waals surface area contributed by atoms with Gasteiger partial charge in [0.2, 0.25) is 5.91 Å². The zero-order chi connectivity index (χ0) is 19.2. The lowest BCUT2D eigenvalue weighted by Gasteiger charge is -2.20. The first kappa shape index (κ1) is 18.4. The van der Waals surface area contributed by atoms with Crippen molar-refractivity contribution in [2.45, 2.75) is 13.3 Å². The Bertz CT molecular complexity index is 865. The summed E-state index contributed by atoms with van der Waals surface area (Å²) in [4.78, 5) is 37.8. The molecule has 0 spiro atoms. The number of carbonyl (C=O) groups excluding carboxylic acids is 3. The number of hydrogen-bond donors (Lipinski definition) is 1. The molecule has 0 radical (unpaired) electrons. The lowest BCUT2D eigenvalue weighted by Crippen LogP contribution is -2.37. The highest BCUT2D eigenvalue weighted by Gasteiger charge is 2.25. The van der Waals surface area contributed by atoms with E-state index in [1.54, 1.807) is 36.4 Å². The number of hydrogen-bond acceptors (Lipinski definition) is 5. The molecule has 1 heterocycles. The molecule has 7 nitrogen and oxygen atoms in total. The number of anilines is 2. The third-order valence-corrected chi connectivity index (χ3v) is 4.10. The van der Waals surface area contributed by atoms with Gasteiger partial charge in [-0.1, -0.05) is 30.3 Å². The maximum Gasteiger partial charge on any atom is 0.326 e. The summed E-state index contributed by atoms with van der Waals surface area (Å²) in [7, 11) is 0. The zero-order valence-electron chi connectivity index (χ0n) is 14.9. The summed E-state index contributed by atoms with van der Waals surface area (Å²) in [5.74, 6) is -0.807. The first-order valence-electron chi connectivity index (χ1n) is 8.58. The van der Waals surface area contributed by atoms with E-state index in [9.17, 15) is 14.4 Å². The summed E-state index contributed by atoms with van der Waals surface area (Å²) < 4.78 is 10.6. The van der Waals surface area contributed by atoms with Gasteiger partial charge in [0.05, 0.1) is 18.7 Å². The van der Waals surface area contributed by atoms with Crippen molar-refractivity contribution in [3.63, 3.8) is 0 Å². The molecule has 0 fully saturated rings. The highest BCUT2D eigenvalue weighted by atomic mass is 16.5. The molecule has 0 bridgehead atoms. The molecular formula is C20H20N2O5. The van der Waals surface area contributed by atoms with Gasteiger partial charge in [-0.2, -0.15) is 0 Å². The van der Waals surface area contributed by atoms with Crippen molar-refractivity contribution in [1.82, 2.24) is 0 Å². The number of benzene rings is 2. The topological polar surface area (TPSA) is 84.9 Å². The van der Waals surface area contributed by atoms with Gasteiger partial charge in [-0.25, -0.2) is 0 Å². The number of esters is 1. The Balaban J connectivity index is 1.58. The van der Waals surface area contributed by atoms with Crippen molar-refractivity contribution < 1.29 is 23.9 Å². The molecule has 0 aliphatic carbocycles. The molecule has 1 aliphatic rings. The van der Waals surface area contributed by atoms with Crippen LogP contribution in [0, 0.1) is 6.92 Å². The Morgan fingerprint density at radius 2 is 1.89 bits per heavy atom. The fraction of sp³-hybridized carbons (Fsp3) is 0.250. The molecule has 0 unspecified atom stereocenters. The monoisotopic (exact) mass is 368 g/mol. The molecule has 2 amide bonds. The first-order valence-corrected chi connectivity index (χ1v) is 8.58. The van der Waals surface area contributed by atoms with E-state index in [1.165, 1.54) is 4.90 Å². The quantitative estimate of drug-likeness (QED) is 0.819. The SMILES string of the molecule is Cc1ccccc1NC(=O)COC(=O)CN1C(=O)CCOc2ccccc21. The average molecular weight is 368 g/mol. The largest absolute Gasteiger partial charge is 0.491 e. The van der Waals surface area contributed by atoms with Crippen LogP contribution in [0.3, 0.4) is 0 Å². The number of aryl methyl sites for hydroxylation is 1. The van der Waals surface area contributed by atoms with E-state index >= 15 is 0 Å². The number of para-hydroxylation sites is 3. The second-order valence-corrected chi connectivity index (χ2v) is 6.07. The molecule has 3 rings (SSSR count). The fourth-order valence-electron chi connectivity index (χ4n) is 2.71. The van der Waals surface area contributed by atoms with Gasteiger partial charge in [-0.3, -0.25) is 19.3 Å². The number of nitrogens with one attached hydrogen (secondary N) is 1. The van der Waals surface area contributed by atoms with Crippen LogP contribution in [0.25, 0.3) is 0 Å². The van der Waals surface area contributed by atoms with Crippen molar-refractivity contribution in [3.05, 3.63) is 54.1 Å². The van der Waals surface area contributed by atoms with Crippen LogP contribution in [0.5, 0.6) is 5.75 Å². The van der Waals surface area contributed by atoms with Crippen molar-refractivity contribution in [2.75, 3.05) is 30.0 Å². The number of ether oxygens (including phenoxy) is 2. The maximum atomic E-state index is 12.3. The van der Waals surface area contributed by atoms with Crippen LogP contribution in [-0.2, 0) is 19.1 Å². The Kier molecular flexibility index (Phi) is 5.71. The standard InChI is InChI=1S/C20H20N2O5/c1-14-6-2-3-7-15(14)21-18(23)13-27-20(25)12-22-16-8-4-5-9-17(16)26-11-10-19(22)24/h2-9H,10-13H2,1H3,(H,21,23).